The van der Waals surface area contributed by atoms with Gasteiger partial charge in [0.15, 0.2) is 0 Å². The third-order valence-electron chi connectivity index (χ3n) is 1.03. The molecule has 0 saturated heterocycles. The molecule has 0 aromatic carbocycles. The van der Waals surface area contributed by atoms with Crippen LogP contribution < -0.4 is 0 Å². The number of fused-ring (bicyclic) bond motifs is 2. The molecule has 2 aliphatic rings. The Bertz CT molecular complexity index is 228. The monoisotopic (exact) mass is 333 g/mol. The zero-order valence-electron chi connectivity index (χ0n) is 5.49. The van der Waals surface area contributed by atoms with E-state index in [1.807, 2.05) is 12.3 Å². The fraction of sp³-hybridized carbons (Fsp3) is 0. The molecule has 2 aliphatic heterocycles. The van der Waals surface area contributed by atoms with Crippen LogP contribution in [0.25, 0.3) is 0 Å². The predicted octanol–water partition coefficient (Wildman–Crippen LogP) is 1.79. The number of aromatic nitrogens is 1. The summed E-state index contributed by atoms with van der Waals surface area (Å²) in [7, 11) is 0. The van der Waals surface area contributed by atoms with Crippen LogP contribution in [0.3, 0.4) is 0 Å². The molecule has 2 N–H and O–H groups in total. The van der Waals surface area contributed by atoms with Gasteiger partial charge in [-0.2, -0.15) is 0 Å². The first kappa shape index (κ1) is 14.3. The first-order chi connectivity index (χ1) is 3.88. The zero-order valence-corrected chi connectivity index (χ0v) is 11.4. The van der Waals surface area contributed by atoms with E-state index in [0.29, 0.717) is 0 Å². The quantitative estimate of drug-likeness (QED) is 0.544. The van der Waals surface area contributed by atoms with Crippen molar-refractivity contribution < 1.29 is 30.4 Å². The van der Waals surface area contributed by atoms with Crippen molar-refractivity contribution in [3.63, 3.8) is 0 Å². The Hall–Kier alpha value is 0.773. The van der Waals surface area contributed by atoms with Gasteiger partial charge in [-0.25, -0.2) is 4.98 Å². The van der Waals surface area contributed by atoms with E-state index in [0.717, 1.165) is 0 Å². The SMILES string of the molecule is Ic1c2ccnc1S2.[OH-].[OH-].[Zn]. The first-order valence-corrected chi connectivity index (χ1v) is 4.10. The Balaban J connectivity index is 0. The van der Waals surface area contributed by atoms with Crippen LogP contribution in [0.4, 0.5) is 0 Å². The third-order valence-corrected chi connectivity index (χ3v) is 3.92. The molecule has 0 atom stereocenters. The topological polar surface area (TPSA) is 72.9 Å². The van der Waals surface area contributed by atoms with Gasteiger partial charge in [-0.15, -0.1) is 0 Å². The van der Waals surface area contributed by atoms with Crippen LogP contribution in [0.2, 0.25) is 0 Å². The predicted molar refractivity (Wildman–Crippen MR) is 44.9 cm³/mol. The standard InChI is InChI=1S/C5H2INS.2H2O.Zn/c6-4-3-1-2-7-5(4)8-3;;;/h1-2H;2*1H2;/p-2. The summed E-state index contributed by atoms with van der Waals surface area (Å²) in [6.07, 6.45) is 1.85. The van der Waals surface area contributed by atoms with Gasteiger partial charge in [-0.1, -0.05) is 11.8 Å². The van der Waals surface area contributed by atoms with Gasteiger partial charge < -0.3 is 11.0 Å². The number of nitrogens with zero attached hydrogens (tertiary/aromatic N) is 1. The first-order valence-electron chi connectivity index (χ1n) is 2.20. The molecule has 58 valence electrons. The molecule has 0 unspecified atom stereocenters. The molecular formula is C5H4INO2SZn-2. The molecule has 0 fully saturated rings. The Morgan fingerprint density at radius 1 is 1.36 bits per heavy atom. The largest absolute Gasteiger partial charge is 0.870 e. The summed E-state index contributed by atoms with van der Waals surface area (Å²) < 4.78 is 1.33. The second kappa shape index (κ2) is 5.42. The molecule has 2 bridgehead atoms. The van der Waals surface area contributed by atoms with Crippen LogP contribution in [-0.4, -0.2) is 15.9 Å². The van der Waals surface area contributed by atoms with Crippen molar-refractivity contribution in [1.82, 2.24) is 4.98 Å². The number of hydrogen-bond acceptors (Lipinski definition) is 4. The summed E-state index contributed by atoms with van der Waals surface area (Å²) in [5.74, 6) is 0. The van der Waals surface area contributed by atoms with Crippen molar-refractivity contribution in [3.8, 4) is 0 Å². The molecule has 3 heterocycles. The van der Waals surface area contributed by atoms with Gasteiger partial charge in [0.2, 0.25) is 0 Å². The van der Waals surface area contributed by atoms with Crippen LogP contribution in [-0.2, 0) is 19.5 Å². The summed E-state index contributed by atoms with van der Waals surface area (Å²) in [4.78, 5) is 5.48. The van der Waals surface area contributed by atoms with E-state index in [1.165, 1.54) is 13.5 Å². The summed E-state index contributed by atoms with van der Waals surface area (Å²) in [6.45, 7) is 0. The Labute approximate surface area is 94.9 Å². The minimum atomic E-state index is 0. The summed E-state index contributed by atoms with van der Waals surface area (Å²) in [6, 6.07) is 2.04. The smallest absolute Gasteiger partial charge is 0.115 e. The van der Waals surface area contributed by atoms with E-state index < -0.39 is 0 Å². The van der Waals surface area contributed by atoms with Crippen LogP contribution in [0, 0.1) is 3.57 Å². The maximum Gasteiger partial charge on any atom is 0.115 e. The molecule has 6 heteroatoms. The van der Waals surface area contributed by atoms with Gasteiger partial charge in [0, 0.05) is 30.6 Å². The minimum absolute atomic E-state index is 0. The maximum absolute atomic E-state index is 4.11. The molecule has 1 aromatic rings. The number of pyridine rings is 1. The normalized spacial score (nSPS) is 9.55. The average molecular weight is 334 g/mol. The van der Waals surface area contributed by atoms with Crippen molar-refractivity contribution in [2.45, 2.75) is 9.92 Å². The molecule has 1 aromatic heterocycles. The van der Waals surface area contributed by atoms with E-state index in [2.05, 4.69) is 27.6 Å². The third kappa shape index (κ3) is 2.35. The van der Waals surface area contributed by atoms with Crippen LogP contribution in [0.5, 0.6) is 0 Å². The second-order valence-corrected chi connectivity index (χ2v) is 3.64. The van der Waals surface area contributed by atoms with Crippen molar-refractivity contribution in [2.24, 2.45) is 0 Å². The van der Waals surface area contributed by atoms with E-state index in [4.69, 9.17) is 0 Å². The summed E-state index contributed by atoms with van der Waals surface area (Å²) in [5.41, 5.74) is 0. The molecule has 11 heavy (non-hydrogen) atoms. The van der Waals surface area contributed by atoms with Gasteiger partial charge in [0.25, 0.3) is 0 Å². The maximum atomic E-state index is 4.11. The molecule has 3 nitrogen and oxygen atoms in total. The minimum Gasteiger partial charge on any atom is -0.870 e. The molecule has 0 spiro atoms. The number of hydrogen-bond donors (Lipinski definition) is 0. The Kier molecular flexibility index (Phi) is 7.05. The molecule has 0 amide bonds. The molecule has 0 aliphatic carbocycles. The molecule has 0 radical (unpaired) electrons. The van der Waals surface area contributed by atoms with Crippen molar-refractivity contribution in [2.75, 3.05) is 0 Å². The van der Waals surface area contributed by atoms with Gasteiger partial charge >= 0.3 is 0 Å². The van der Waals surface area contributed by atoms with Crippen molar-refractivity contribution >= 4 is 34.4 Å². The fourth-order valence-electron chi connectivity index (χ4n) is 0.616. The van der Waals surface area contributed by atoms with Crippen molar-refractivity contribution in [3.05, 3.63) is 15.8 Å². The van der Waals surface area contributed by atoms with E-state index in [-0.39, 0.29) is 30.4 Å². The second-order valence-electron chi connectivity index (χ2n) is 1.53. The van der Waals surface area contributed by atoms with E-state index in [9.17, 15) is 0 Å². The van der Waals surface area contributed by atoms with Crippen LogP contribution in [0.1, 0.15) is 0 Å². The van der Waals surface area contributed by atoms with Gasteiger partial charge in [0.1, 0.15) is 5.03 Å². The van der Waals surface area contributed by atoms with E-state index in [1.54, 1.807) is 11.8 Å². The van der Waals surface area contributed by atoms with Crippen LogP contribution >= 0.6 is 34.4 Å². The van der Waals surface area contributed by atoms with Gasteiger partial charge in [0.05, 0.1) is 3.57 Å². The van der Waals surface area contributed by atoms with Gasteiger partial charge in [-0.05, 0) is 28.7 Å². The molecule has 0 saturated carbocycles. The Morgan fingerprint density at radius 2 is 2.00 bits per heavy atom. The zero-order chi connectivity index (χ0) is 5.56. The number of halogens is 1. The average Bonchev–Trinajstić information content (AvgIpc) is 1.89. The summed E-state index contributed by atoms with van der Waals surface area (Å²) in [5, 5.41) is 1.18. The van der Waals surface area contributed by atoms with Gasteiger partial charge in [-0.3, -0.25) is 0 Å². The van der Waals surface area contributed by atoms with Crippen LogP contribution in [0.15, 0.2) is 22.2 Å². The molecule has 3 rings (SSSR count). The fourth-order valence-corrected chi connectivity index (χ4v) is 2.28. The number of rotatable bonds is 0. The Morgan fingerprint density at radius 3 is 2.18 bits per heavy atom. The van der Waals surface area contributed by atoms with Crippen molar-refractivity contribution in [1.29, 1.82) is 0 Å². The molecular weight excluding hydrogens is 330 g/mol. The summed E-state index contributed by atoms with van der Waals surface area (Å²) >= 11 is 4.07. The van der Waals surface area contributed by atoms with E-state index >= 15 is 0 Å².